The minimum atomic E-state index is -0.0547. The molecule has 0 spiro atoms. The Labute approximate surface area is 148 Å². The van der Waals surface area contributed by atoms with E-state index in [2.05, 4.69) is 10.2 Å². The molecule has 0 radical (unpaired) electrons. The number of hydrogen-bond acceptors (Lipinski definition) is 3. The van der Waals surface area contributed by atoms with Gasteiger partial charge in [-0.2, -0.15) is 0 Å². The van der Waals surface area contributed by atoms with Crippen LogP contribution in [0.25, 0.3) is 0 Å². The largest absolute Gasteiger partial charge is 0.368 e. The quantitative estimate of drug-likeness (QED) is 0.872. The van der Waals surface area contributed by atoms with E-state index in [1.807, 2.05) is 60.4 Å². The minimum absolute atomic E-state index is 0.0547. The third-order valence-corrected chi connectivity index (χ3v) is 4.59. The molecular weight excluding hydrogens is 314 g/mol. The molecule has 0 bridgehead atoms. The number of nitrogens with one attached hydrogen (secondary N) is 1. The summed E-state index contributed by atoms with van der Waals surface area (Å²) in [5.41, 5.74) is 3.72. The molecule has 130 valence electrons. The number of ketones is 1. The molecule has 1 saturated heterocycles. The van der Waals surface area contributed by atoms with Gasteiger partial charge in [-0.25, -0.2) is 4.79 Å². The summed E-state index contributed by atoms with van der Waals surface area (Å²) in [5.74, 6) is 0.0734. The molecule has 1 fully saturated rings. The molecule has 5 nitrogen and oxygen atoms in total. The molecule has 1 aliphatic rings. The van der Waals surface area contributed by atoms with Crippen molar-refractivity contribution in [1.29, 1.82) is 0 Å². The Balaban J connectivity index is 1.57. The van der Waals surface area contributed by atoms with E-state index < -0.39 is 0 Å². The molecule has 0 aromatic heterocycles. The number of hydrogen-bond donors (Lipinski definition) is 1. The molecule has 0 saturated carbocycles. The van der Waals surface area contributed by atoms with Gasteiger partial charge in [0.2, 0.25) is 0 Å². The summed E-state index contributed by atoms with van der Waals surface area (Å²) >= 11 is 0. The monoisotopic (exact) mass is 337 g/mol. The van der Waals surface area contributed by atoms with Crippen molar-refractivity contribution >= 4 is 23.2 Å². The fraction of sp³-hybridized carbons (Fsp3) is 0.300. The average Bonchev–Trinajstić information content (AvgIpc) is 2.64. The standard InChI is InChI=1S/C20H23N3O2/c1-15-5-3-4-6-19(15)21-20(25)23-13-11-22(12-14-23)18-9-7-17(8-10-18)16(2)24/h3-10H,11-14H2,1-2H3,(H,21,25). The van der Waals surface area contributed by atoms with Gasteiger partial charge in [0, 0.05) is 43.1 Å². The van der Waals surface area contributed by atoms with Crippen LogP contribution >= 0.6 is 0 Å². The van der Waals surface area contributed by atoms with Crippen LogP contribution in [-0.2, 0) is 0 Å². The van der Waals surface area contributed by atoms with Crippen molar-refractivity contribution in [2.24, 2.45) is 0 Å². The number of para-hydroxylation sites is 1. The SMILES string of the molecule is CC(=O)c1ccc(N2CCN(C(=O)Nc3ccccc3C)CC2)cc1. The van der Waals surface area contributed by atoms with E-state index in [0.717, 1.165) is 35.6 Å². The van der Waals surface area contributed by atoms with E-state index in [1.165, 1.54) is 0 Å². The molecule has 0 aliphatic carbocycles. The maximum Gasteiger partial charge on any atom is 0.321 e. The number of urea groups is 1. The molecule has 3 rings (SSSR count). The number of rotatable bonds is 3. The first-order chi connectivity index (χ1) is 12.0. The summed E-state index contributed by atoms with van der Waals surface area (Å²) in [6.45, 7) is 6.46. The van der Waals surface area contributed by atoms with Gasteiger partial charge in [-0.3, -0.25) is 4.79 Å². The zero-order valence-corrected chi connectivity index (χ0v) is 14.7. The van der Waals surface area contributed by atoms with Crippen LogP contribution in [0.3, 0.4) is 0 Å². The Morgan fingerprint density at radius 1 is 0.920 bits per heavy atom. The van der Waals surface area contributed by atoms with Gasteiger partial charge in [-0.15, -0.1) is 0 Å². The molecule has 1 aliphatic heterocycles. The third kappa shape index (κ3) is 3.99. The minimum Gasteiger partial charge on any atom is -0.368 e. The van der Waals surface area contributed by atoms with E-state index in [0.29, 0.717) is 13.1 Å². The highest BCUT2D eigenvalue weighted by Gasteiger charge is 2.21. The number of piperazine rings is 1. The second-order valence-electron chi connectivity index (χ2n) is 6.32. The second-order valence-corrected chi connectivity index (χ2v) is 6.32. The highest BCUT2D eigenvalue weighted by atomic mass is 16.2. The Hall–Kier alpha value is -2.82. The summed E-state index contributed by atoms with van der Waals surface area (Å²) in [6.07, 6.45) is 0. The fourth-order valence-corrected chi connectivity index (χ4v) is 2.98. The highest BCUT2D eigenvalue weighted by Crippen LogP contribution is 2.19. The van der Waals surface area contributed by atoms with Crippen molar-refractivity contribution in [3.63, 3.8) is 0 Å². The zero-order chi connectivity index (χ0) is 17.8. The number of carbonyl (C=O) groups is 2. The smallest absolute Gasteiger partial charge is 0.321 e. The highest BCUT2D eigenvalue weighted by molar-refractivity contribution is 5.94. The summed E-state index contributed by atoms with van der Waals surface area (Å²) < 4.78 is 0. The first kappa shape index (κ1) is 17.0. The van der Waals surface area contributed by atoms with Crippen LogP contribution in [0, 0.1) is 6.92 Å². The maximum absolute atomic E-state index is 12.4. The fourth-order valence-electron chi connectivity index (χ4n) is 2.98. The van der Waals surface area contributed by atoms with Crippen molar-refractivity contribution in [2.75, 3.05) is 36.4 Å². The number of benzene rings is 2. The van der Waals surface area contributed by atoms with Crippen LogP contribution in [-0.4, -0.2) is 42.9 Å². The van der Waals surface area contributed by atoms with Gasteiger partial charge < -0.3 is 15.1 Å². The molecular formula is C20H23N3O2. The van der Waals surface area contributed by atoms with Crippen LogP contribution in [0.4, 0.5) is 16.2 Å². The topological polar surface area (TPSA) is 52.7 Å². The molecule has 2 amide bonds. The van der Waals surface area contributed by atoms with Crippen molar-refractivity contribution in [2.45, 2.75) is 13.8 Å². The summed E-state index contributed by atoms with van der Waals surface area (Å²) in [7, 11) is 0. The zero-order valence-electron chi connectivity index (χ0n) is 14.7. The second kappa shape index (κ2) is 7.38. The predicted molar refractivity (Wildman–Crippen MR) is 100 cm³/mol. The lowest BCUT2D eigenvalue weighted by atomic mass is 10.1. The predicted octanol–water partition coefficient (Wildman–Crippen LogP) is 3.55. The lowest BCUT2D eigenvalue weighted by molar-refractivity contribution is 0.101. The number of Topliss-reactive ketones (excluding diaryl/α,β-unsaturated/α-hetero) is 1. The van der Waals surface area contributed by atoms with Gasteiger partial charge in [-0.1, -0.05) is 18.2 Å². The first-order valence-electron chi connectivity index (χ1n) is 8.52. The number of amides is 2. The Kier molecular flexibility index (Phi) is 5.03. The van der Waals surface area contributed by atoms with Crippen molar-refractivity contribution in [3.05, 3.63) is 59.7 Å². The van der Waals surface area contributed by atoms with E-state index >= 15 is 0 Å². The molecule has 1 N–H and O–H groups in total. The van der Waals surface area contributed by atoms with Gasteiger partial charge in [-0.05, 0) is 49.7 Å². The van der Waals surface area contributed by atoms with Crippen LogP contribution in [0.5, 0.6) is 0 Å². The van der Waals surface area contributed by atoms with Gasteiger partial charge in [0.25, 0.3) is 0 Å². The van der Waals surface area contributed by atoms with E-state index in [1.54, 1.807) is 6.92 Å². The van der Waals surface area contributed by atoms with Gasteiger partial charge in [0.1, 0.15) is 0 Å². The summed E-state index contributed by atoms with van der Waals surface area (Å²) in [6, 6.07) is 15.4. The van der Waals surface area contributed by atoms with Crippen molar-refractivity contribution in [3.8, 4) is 0 Å². The van der Waals surface area contributed by atoms with Crippen LogP contribution in [0.2, 0.25) is 0 Å². The van der Waals surface area contributed by atoms with Crippen LogP contribution < -0.4 is 10.2 Å². The van der Waals surface area contributed by atoms with Gasteiger partial charge >= 0.3 is 6.03 Å². The van der Waals surface area contributed by atoms with Crippen molar-refractivity contribution in [1.82, 2.24) is 4.90 Å². The molecule has 25 heavy (non-hydrogen) atoms. The van der Waals surface area contributed by atoms with Crippen molar-refractivity contribution < 1.29 is 9.59 Å². The van der Waals surface area contributed by atoms with Gasteiger partial charge in [0.05, 0.1) is 0 Å². The lowest BCUT2D eigenvalue weighted by Gasteiger charge is -2.36. The average molecular weight is 337 g/mol. The maximum atomic E-state index is 12.4. The number of carbonyl (C=O) groups excluding carboxylic acids is 2. The van der Waals surface area contributed by atoms with Gasteiger partial charge in [0.15, 0.2) is 5.78 Å². The number of nitrogens with zero attached hydrogens (tertiary/aromatic N) is 2. The normalized spacial score (nSPS) is 14.3. The number of anilines is 2. The van der Waals surface area contributed by atoms with Crippen LogP contribution in [0.15, 0.2) is 48.5 Å². The molecule has 5 heteroatoms. The van der Waals surface area contributed by atoms with Crippen LogP contribution in [0.1, 0.15) is 22.8 Å². The molecule has 0 unspecified atom stereocenters. The third-order valence-electron chi connectivity index (χ3n) is 4.59. The Morgan fingerprint density at radius 2 is 1.56 bits per heavy atom. The van der Waals surface area contributed by atoms with E-state index in [-0.39, 0.29) is 11.8 Å². The van der Waals surface area contributed by atoms with E-state index in [4.69, 9.17) is 0 Å². The lowest BCUT2D eigenvalue weighted by Crippen LogP contribution is -2.50. The number of aryl methyl sites for hydroxylation is 1. The van der Waals surface area contributed by atoms with E-state index in [9.17, 15) is 9.59 Å². The molecule has 1 heterocycles. The molecule has 2 aromatic carbocycles. The summed E-state index contributed by atoms with van der Waals surface area (Å²) in [4.78, 5) is 27.9. The molecule has 0 atom stereocenters. The first-order valence-corrected chi connectivity index (χ1v) is 8.52. The summed E-state index contributed by atoms with van der Waals surface area (Å²) in [5, 5.41) is 2.99. The molecule has 2 aromatic rings. The Bertz CT molecular complexity index is 763. The Morgan fingerprint density at radius 3 is 2.16 bits per heavy atom.